The molecule has 0 N–H and O–H groups in total. The molecule has 0 spiro atoms. The average molecular weight is 196 g/mol. The third kappa shape index (κ3) is 2.93. The van der Waals surface area contributed by atoms with Crippen molar-refractivity contribution in [2.24, 2.45) is 17.8 Å². The van der Waals surface area contributed by atoms with Crippen LogP contribution in [0.1, 0.15) is 46.5 Å². The minimum absolute atomic E-state index is 0.135. The van der Waals surface area contributed by atoms with Crippen LogP contribution in [-0.2, 0) is 9.59 Å². The van der Waals surface area contributed by atoms with Crippen molar-refractivity contribution in [1.82, 2.24) is 0 Å². The van der Waals surface area contributed by atoms with Gasteiger partial charge in [-0.1, -0.05) is 20.8 Å². The molecule has 80 valence electrons. The molecule has 0 aliphatic heterocycles. The predicted octanol–water partition coefficient (Wildman–Crippen LogP) is 2.61. The van der Waals surface area contributed by atoms with Crippen molar-refractivity contribution in [3.05, 3.63) is 0 Å². The molecule has 1 saturated carbocycles. The fourth-order valence-electron chi connectivity index (χ4n) is 1.78. The van der Waals surface area contributed by atoms with Crippen LogP contribution >= 0.6 is 0 Å². The maximum absolute atomic E-state index is 11.8. The Morgan fingerprint density at radius 1 is 1.29 bits per heavy atom. The first-order chi connectivity index (χ1) is 6.56. The molecule has 0 heterocycles. The molecule has 0 radical (unpaired) electrons. The molecule has 0 aromatic rings. The molecule has 0 aromatic heterocycles. The lowest BCUT2D eigenvalue weighted by molar-refractivity contribution is -0.134. The van der Waals surface area contributed by atoms with E-state index in [4.69, 9.17) is 0 Å². The summed E-state index contributed by atoms with van der Waals surface area (Å²) in [5, 5.41) is 0. The molecule has 1 rings (SSSR count). The van der Waals surface area contributed by atoms with Crippen LogP contribution in [0.25, 0.3) is 0 Å². The molecule has 0 aromatic carbocycles. The van der Waals surface area contributed by atoms with Crippen LogP contribution in [-0.4, -0.2) is 11.6 Å². The van der Waals surface area contributed by atoms with E-state index in [-0.39, 0.29) is 23.4 Å². The SMILES string of the molecule is CCC(=O)C(CC(C)C)C(=O)C1CC1. The van der Waals surface area contributed by atoms with Gasteiger partial charge in [-0.05, 0) is 25.2 Å². The fourth-order valence-corrected chi connectivity index (χ4v) is 1.78. The molecule has 0 amide bonds. The molecule has 14 heavy (non-hydrogen) atoms. The van der Waals surface area contributed by atoms with Crippen LogP contribution in [0.5, 0.6) is 0 Å². The highest BCUT2D eigenvalue weighted by Gasteiger charge is 2.37. The summed E-state index contributed by atoms with van der Waals surface area (Å²) in [7, 11) is 0. The van der Waals surface area contributed by atoms with E-state index in [0.717, 1.165) is 19.3 Å². The van der Waals surface area contributed by atoms with Gasteiger partial charge in [-0.15, -0.1) is 0 Å². The van der Waals surface area contributed by atoms with Crippen LogP contribution in [0.3, 0.4) is 0 Å². The van der Waals surface area contributed by atoms with E-state index < -0.39 is 0 Å². The zero-order chi connectivity index (χ0) is 10.7. The van der Waals surface area contributed by atoms with E-state index in [1.165, 1.54) is 0 Å². The quantitative estimate of drug-likeness (QED) is 0.612. The van der Waals surface area contributed by atoms with Gasteiger partial charge in [0.25, 0.3) is 0 Å². The predicted molar refractivity (Wildman–Crippen MR) is 56.0 cm³/mol. The molecule has 2 nitrogen and oxygen atoms in total. The van der Waals surface area contributed by atoms with Crippen molar-refractivity contribution in [2.75, 3.05) is 0 Å². The summed E-state index contributed by atoms with van der Waals surface area (Å²) < 4.78 is 0. The van der Waals surface area contributed by atoms with Crippen molar-refractivity contribution >= 4 is 11.6 Å². The van der Waals surface area contributed by atoms with Gasteiger partial charge in [-0.2, -0.15) is 0 Å². The molecule has 2 heteroatoms. The summed E-state index contributed by atoms with van der Waals surface area (Å²) in [6.45, 7) is 5.97. The minimum atomic E-state index is -0.299. The van der Waals surface area contributed by atoms with Gasteiger partial charge in [0.2, 0.25) is 0 Å². The second-order valence-corrected chi connectivity index (χ2v) is 4.68. The Morgan fingerprint density at radius 3 is 2.21 bits per heavy atom. The van der Waals surface area contributed by atoms with Gasteiger partial charge in [-0.25, -0.2) is 0 Å². The van der Waals surface area contributed by atoms with E-state index in [1.807, 2.05) is 6.92 Å². The van der Waals surface area contributed by atoms with Crippen LogP contribution in [0, 0.1) is 17.8 Å². The molecule has 1 atom stereocenters. The van der Waals surface area contributed by atoms with E-state index in [1.54, 1.807) is 0 Å². The zero-order valence-electron chi connectivity index (χ0n) is 9.38. The topological polar surface area (TPSA) is 34.1 Å². The van der Waals surface area contributed by atoms with Gasteiger partial charge in [-0.3, -0.25) is 9.59 Å². The largest absolute Gasteiger partial charge is 0.299 e. The molecule has 1 aliphatic rings. The molecule has 1 fully saturated rings. The summed E-state index contributed by atoms with van der Waals surface area (Å²) in [6.07, 6.45) is 3.24. The second-order valence-electron chi connectivity index (χ2n) is 4.68. The van der Waals surface area contributed by atoms with E-state index >= 15 is 0 Å². The smallest absolute Gasteiger partial charge is 0.146 e. The average Bonchev–Trinajstić information content (AvgIpc) is 2.94. The van der Waals surface area contributed by atoms with Gasteiger partial charge in [0.15, 0.2) is 0 Å². The first kappa shape index (κ1) is 11.4. The first-order valence-electron chi connectivity index (χ1n) is 5.62. The number of Topliss-reactive ketones (excluding diaryl/α,β-unsaturated/α-hetero) is 2. The molecule has 1 aliphatic carbocycles. The Hall–Kier alpha value is -0.660. The molecular formula is C12H20O2. The summed E-state index contributed by atoms with van der Waals surface area (Å²) in [4.78, 5) is 23.4. The number of ketones is 2. The Kier molecular flexibility index (Phi) is 3.85. The van der Waals surface area contributed by atoms with Gasteiger partial charge >= 0.3 is 0 Å². The first-order valence-corrected chi connectivity index (χ1v) is 5.62. The van der Waals surface area contributed by atoms with Crippen LogP contribution in [0.2, 0.25) is 0 Å². The normalized spacial score (nSPS) is 18.3. The van der Waals surface area contributed by atoms with Crippen molar-refractivity contribution in [1.29, 1.82) is 0 Å². The second kappa shape index (κ2) is 4.72. The van der Waals surface area contributed by atoms with Crippen LogP contribution < -0.4 is 0 Å². The lowest BCUT2D eigenvalue weighted by Crippen LogP contribution is -2.26. The van der Waals surface area contributed by atoms with Gasteiger partial charge < -0.3 is 0 Å². The summed E-state index contributed by atoms with van der Waals surface area (Å²) in [5.41, 5.74) is 0. The third-order valence-corrected chi connectivity index (χ3v) is 2.77. The Morgan fingerprint density at radius 2 is 1.86 bits per heavy atom. The van der Waals surface area contributed by atoms with E-state index in [2.05, 4.69) is 13.8 Å². The Bertz CT molecular complexity index is 226. The number of carbonyl (C=O) groups is 2. The van der Waals surface area contributed by atoms with Gasteiger partial charge in [0.05, 0.1) is 5.92 Å². The van der Waals surface area contributed by atoms with Crippen LogP contribution in [0.15, 0.2) is 0 Å². The Balaban J connectivity index is 2.59. The number of carbonyl (C=O) groups excluding carboxylic acids is 2. The lowest BCUT2D eigenvalue weighted by Gasteiger charge is -2.15. The lowest BCUT2D eigenvalue weighted by atomic mass is 9.87. The van der Waals surface area contributed by atoms with Crippen molar-refractivity contribution in [3.63, 3.8) is 0 Å². The van der Waals surface area contributed by atoms with Crippen LogP contribution in [0.4, 0.5) is 0 Å². The zero-order valence-corrected chi connectivity index (χ0v) is 9.38. The van der Waals surface area contributed by atoms with E-state index in [9.17, 15) is 9.59 Å². The maximum Gasteiger partial charge on any atom is 0.146 e. The summed E-state index contributed by atoms with van der Waals surface area (Å²) in [5.74, 6) is 0.695. The fraction of sp³-hybridized carbons (Fsp3) is 0.833. The van der Waals surface area contributed by atoms with E-state index in [0.29, 0.717) is 12.3 Å². The Labute approximate surface area is 86.1 Å². The number of hydrogen-bond acceptors (Lipinski definition) is 2. The monoisotopic (exact) mass is 196 g/mol. The number of rotatable bonds is 6. The highest BCUT2D eigenvalue weighted by atomic mass is 16.2. The van der Waals surface area contributed by atoms with Gasteiger partial charge in [0, 0.05) is 12.3 Å². The molecule has 0 saturated heterocycles. The van der Waals surface area contributed by atoms with Gasteiger partial charge in [0.1, 0.15) is 11.6 Å². The standard InChI is InChI=1S/C12H20O2/c1-4-11(13)10(7-8(2)3)12(14)9-5-6-9/h8-10H,4-7H2,1-3H3. The van der Waals surface area contributed by atoms with Crippen molar-refractivity contribution < 1.29 is 9.59 Å². The summed E-state index contributed by atoms with van der Waals surface area (Å²) >= 11 is 0. The highest BCUT2D eigenvalue weighted by molar-refractivity contribution is 6.04. The van der Waals surface area contributed by atoms with Crippen molar-refractivity contribution in [3.8, 4) is 0 Å². The number of hydrogen-bond donors (Lipinski definition) is 0. The van der Waals surface area contributed by atoms with Crippen molar-refractivity contribution in [2.45, 2.75) is 46.5 Å². The summed E-state index contributed by atoms with van der Waals surface area (Å²) in [6, 6.07) is 0. The molecule has 1 unspecified atom stereocenters. The highest BCUT2D eigenvalue weighted by Crippen LogP contribution is 2.34. The minimum Gasteiger partial charge on any atom is -0.299 e. The molecular weight excluding hydrogens is 176 g/mol. The third-order valence-electron chi connectivity index (χ3n) is 2.77. The molecule has 0 bridgehead atoms. The maximum atomic E-state index is 11.8.